The predicted molar refractivity (Wildman–Crippen MR) is 87.1 cm³/mol. The van der Waals surface area contributed by atoms with Crippen LogP contribution in [0.1, 0.15) is 17.0 Å². The van der Waals surface area contributed by atoms with Gasteiger partial charge in [-0.05, 0) is 43.7 Å². The van der Waals surface area contributed by atoms with Crippen LogP contribution in [0.3, 0.4) is 0 Å². The van der Waals surface area contributed by atoms with Gasteiger partial charge < -0.3 is 9.73 Å². The average molecular weight is 301 g/mol. The molecule has 21 heavy (non-hydrogen) atoms. The van der Waals surface area contributed by atoms with Crippen LogP contribution in [0.5, 0.6) is 0 Å². The number of hydrogen-bond acceptors (Lipinski definition) is 3. The molecule has 0 amide bonds. The van der Waals surface area contributed by atoms with Gasteiger partial charge in [-0.1, -0.05) is 29.3 Å². The Hall–Kier alpha value is -2.00. The van der Waals surface area contributed by atoms with Gasteiger partial charge in [0.2, 0.25) is 0 Å². The standard InChI is InChI=1S/C17H17ClN2O/c1-11-3-5-14(6-4-11)19-8-7-16-20-15-10-13(18)9-12(2)17(15)21-16/h3-6,9-10,19H,7-8H2,1-2H3. The molecule has 0 fully saturated rings. The van der Waals surface area contributed by atoms with E-state index >= 15 is 0 Å². The van der Waals surface area contributed by atoms with E-state index in [1.807, 2.05) is 19.1 Å². The lowest BCUT2D eigenvalue weighted by Gasteiger charge is -2.04. The zero-order valence-electron chi connectivity index (χ0n) is 12.1. The van der Waals surface area contributed by atoms with Gasteiger partial charge in [-0.3, -0.25) is 0 Å². The number of anilines is 1. The summed E-state index contributed by atoms with van der Waals surface area (Å²) in [5.74, 6) is 0.731. The van der Waals surface area contributed by atoms with Crippen LogP contribution in [-0.2, 0) is 6.42 Å². The van der Waals surface area contributed by atoms with Gasteiger partial charge in [0.25, 0.3) is 0 Å². The fourth-order valence-electron chi connectivity index (χ4n) is 2.30. The largest absolute Gasteiger partial charge is 0.440 e. The van der Waals surface area contributed by atoms with Crippen LogP contribution in [-0.4, -0.2) is 11.5 Å². The van der Waals surface area contributed by atoms with Crippen molar-refractivity contribution >= 4 is 28.4 Å². The van der Waals surface area contributed by atoms with Gasteiger partial charge in [0, 0.05) is 23.7 Å². The average Bonchev–Trinajstić information content (AvgIpc) is 2.84. The van der Waals surface area contributed by atoms with Crippen molar-refractivity contribution in [3.63, 3.8) is 0 Å². The summed E-state index contributed by atoms with van der Waals surface area (Å²) in [6.07, 6.45) is 0.736. The van der Waals surface area contributed by atoms with E-state index in [0.29, 0.717) is 5.02 Å². The van der Waals surface area contributed by atoms with Crippen molar-refractivity contribution in [1.82, 2.24) is 4.98 Å². The molecule has 108 valence electrons. The lowest BCUT2D eigenvalue weighted by Crippen LogP contribution is -2.04. The fraction of sp³-hybridized carbons (Fsp3) is 0.235. The lowest BCUT2D eigenvalue weighted by atomic mass is 10.2. The number of fused-ring (bicyclic) bond motifs is 1. The molecule has 0 radical (unpaired) electrons. The van der Waals surface area contributed by atoms with Gasteiger partial charge in [-0.2, -0.15) is 0 Å². The van der Waals surface area contributed by atoms with E-state index in [1.54, 1.807) is 0 Å². The number of oxazole rings is 1. The summed E-state index contributed by atoms with van der Waals surface area (Å²) in [5, 5.41) is 4.06. The number of rotatable bonds is 4. The highest BCUT2D eigenvalue weighted by Crippen LogP contribution is 2.24. The first kappa shape index (κ1) is 14.0. The molecule has 3 nitrogen and oxygen atoms in total. The molecule has 0 spiro atoms. The maximum Gasteiger partial charge on any atom is 0.197 e. The number of hydrogen-bond donors (Lipinski definition) is 1. The Morgan fingerprint density at radius 3 is 2.67 bits per heavy atom. The van der Waals surface area contributed by atoms with Gasteiger partial charge in [0.15, 0.2) is 11.5 Å². The maximum absolute atomic E-state index is 6.04. The molecule has 1 N–H and O–H groups in total. The molecule has 0 bridgehead atoms. The molecule has 2 aromatic carbocycles. The minimum absolute atomic E-state index is 0.692. The topological polar surface area (TPSA) is 38.1 Å². The van der Waals surface area contributed by atoms with Crippen molar-refractivity contribution in [3.8, 4) is 0 Å². The summed E-state index contributed by atoms with van der Waals surface area (Å²) in [6, 6.07) is 12.1. The molecule has 0 aliphatic rings. The predicted octanol–water partition coefficient (Wildman–Crippen LogP) is 4.75. The maximum atomic E-state index is 6.04. The molecule has 3 rings (SSSR count). The van der Waals surface area contributed by atoms with E-state index in [1.165, 1.54) is 5.56 Å². The van der Waals surface area contributed by atoms with Crippen LogP contribution < -0.4 is 5.32 Å². The fourth-order valence-corrected chi connectivity index (χ4v) is 2.56. The molecule has 0 aliphatic carbocycles. The molecular weight excluding hydrogens is 284 g/mol. The summed E-state index contributed by atoms with van der Waals surface area (Å²) in [7, 11) is 0. The Labute approximate surface area is 128 Å². The molecular formula is C17H17ClN2O. The minimum atomic E-state index is 0.692. The third kappa shape index (κ3) is 3.19. The van der Waals surface area contributed by atoms with Crippen molar-refractivity contribution in [3.05, 3.63) is 58.4 Å². The quantitative estimate of drug-likeness (QED) is 0.755. The van der Waals surface area contributed by atoms with Gasteiger partial charge in [0.05, 0.1) is 0 Å². The van der Waals surface area contributed by atoms with E-state index in [-0.39, 0.29) is 0 Å². The molecule has 4 heteroatoms. The summed E-state index contributed by atoms with van der Waals surface area (Å²) < 4.78 is 5.80. The Morgan fingerprint density at radius 1 is 1.14 bits per heavy atom. The molecule has 0 atom stereocenters. The summed E-state index contributed by atoms with van der Waals surface area (Å²) in [6.45, 7) is 4.84. The SMILES string of the molecule is Cc1ccc(NCCc2nc3cc(Cl)cc(C)c3o2)cc1. The Bertz CT molecular complexity index is 762. The number of benzene rings is 2. The molecule has 1 aromatic heterocycles. The molecule has 1 heterocycles. The van der Waals surface area contributed by atoms with E-state index < -0.39 is 0 Å². The first-order chi connectivity index (χ1) is 10.1. The van der Waals surface area contributed by atoms with E-state index in [9.17, 15) is 0 Å². The Kier molecular flexibility index (Phi) is 3.84. The Balaban J connectivity index is 1.68. The second-order valence-corrected chi connectivity index (χ2v) is 5.66. The highest BCUT2D eigenvalue weighted by molar-refractivity contribution is 6.31. The van der Waals surface area contributed by atoms with E-state index in [2.05, 4.69) is 41.5 Å². The van der Waals surface area contributed by atoms with Crippen molar-refractivity contribution < 1.29 is 4.42 Å². The number of aryl methyl sites for hydroxylation is 2. The van der Waals surface area contributed by atoms with Crippen LogP contribution in [0, 0.1) is 13.8 Å². The number of aromatic nitrogens is 1. The zero-order valence-corrected chi connectivity index (χ0v) is 12.9. The molecule has 0 unspecified atom stereocenters. The number of halogens is 1. The minimum Gasteiger partial charge on any atom is -0.440 e. The van der Waals surface area contributed by atoms with Crippen LogP contribution in [0.2, 0.25) is 5.02 Å². The second-order valence-electron chi connectivity index (χ2n) is 5.22. The van der Waals surface area contributed by atoms with Crippen molar-refractivity contribution in [1.29, 1.82) is 0 Å². The van der Waals surface area contributed by atoms with E-state index in [4.69, 9.17) is 16.0 Å². The Morgan fingerprint density at radius 2 is 1.90 bits per heavy atom. The summed E-state index contributed by atoms with van der Waals surface area (Å²) in [5.41, 5.74) is 5.03. The monoisotopic (exact) mass is 300 g/mol. The molecule has 0 aliphatic heterocycles. The van der Waals surface area contributed by atoms with Crippen LogP contribution >= 0.6 is 11.6 Å². The number of nitrogens with one attached hydrogen (secondary N) is 1. The number of nitrogens with zero attached hydrogens (tertiary/aromatic N) is 1. The van der Waals surface area contributed by atoms with Gasteiger partial charge in [-0.15, -0.1) is 0 Å². The zero-order chi connectivity index (χ0) is 14.8. The highest BCUT2D eigenvalue weighted by Gasteiger charge is 2.09. The third-order valence-corrected chi connectivity index (χ3v) is 3.62. The van der Waals surface area contributed by atoms with Gasteiger partial charge in [0.1, 0.15) is 5.52 Å². The first-order valence-corrected chi connectivity index (χ1v) is 7.36. The third-order valence-electron chi connectivity index (χ3n) is 3.40. The van der Waals surface area contributed by atoms with Crippen molar-refractivity contribution in [2.75, 3.05) is 11.9 Å². The lowest BCUT2D eigenvalue weighted by molar-refractivity contribution is 0.532. The molecule has 3 aromatic rings. The first-order valence-electron chi connectivity index (χ1n) is 6.98. The molecule has 0 saturated carbocycles. The normalized spacial score (nSPS) is 11.0. The van der Waals surface area contributed by atoms with Crippen LogP contribution in [0.15, 0.2) is 40.8 Å². The van der Waals surface area contributed by atoms with Crippen LogP contribution in [0.4, 0.5) is 5.69 Å². The highest BCUT2D eigenvalue weighted by atomic mass is 35.5. The van der Waals surface area contributed by atoms with Crippen molar-refractivity contribution in [2.24, 2.45) is 0 Å². The second kappa shape index (κ2) is 5.78. The smallest absolute Gasteiger partial charge is 0.197 e. The molecule has 0 saturated heterocycles. The van der Waals surface area contributed by atoms with E-state index in [0.717, 1.165) is 41.2 Å². The van der Waals surface area contributed by atoms with Crippen LogP contribution in [0.25, 0.3) is 11.1 Å². The van der Waals surface area contributed by atoms with Crippen molar-refractivity contribution in [2.45, 2.75) is 20.3 Å². The van der Waals surface area contributed by atoms with Gasteiger partial charge >= 0.3 is 0 Å². The summed E-state index contributed by atoms with van der Waals surface area (Å²) >= 11 is 6.04. The van der Waals surface area contributed by atoms with Gasteiger partial charge in [-0.25, -0.2) is 4.98 Å². The summed E-state index contributed by atoms with van der Waals surface area (Å²) in [4.78, 5) is 4.49.